The van der Waals surface area contributed by atoms with Crippen molar-refractivity contribution < 1.29 is 28.8 Å². The lowest BCUT2D eigenvalue weighted by atomic mass is 10.2. The molecule has 1 heterocycles. The fourth-order valence-electron chi connectivity index (χ4n) is 2.15. The van der Waals surface area contributed by atoms with Crippen molar-refractivity contribution in [3.8, 4) is 5.75 Å². The number of hydrogen-bond acceptors (Lipinski definition) is 7. The Labute approximate surface area is 135 Å². The van der Waals surface area contributed by atoms with Crippen molar-refractivity contribution in [1.29, 1.82) is 0 Å². The Morgan fingerprint density at radius 2 is 1.96 bits per heavy atom. The van der Waals surface area contributed by atoms with E-state index in [9.17, 15) is 4.79 Å². The molecule has 7 heteroatoms. The maximum Gasteiger partial charge on any atom is 0.230 e. The Hall–Kier alpha value is -2.09. The lowest BCUT2D eigenvalue weighted by Gasteiger charge is -2.27. The van der Waals surface area contributed by atoms with E-state index in [2.05, 4.69) is 11.5 Å². The molecule has 1 aromatic rings. The molecule has 0 fully saturated rings. The number of rotatable bonds is 4. The van der Waals surface area contributed by atoms with E-state index in [1.807, 2.05) is 0 Å². The highest BCUT2D eigenvalue weighted by atomic mass is 17.2. The fraction of sp³-hybridized carbons (Fsp3) is 0.438. The summed E-state index contributed by atoms with van der Waals surface area (Å²) in [6, 6.07) is 5.13. The van der Waals surface area contributed by atoms with Gasteiger partial charge in [-0.2, -0.15) is 4.89 Å². The van der Waals surface area contributed by atoms with Gasteiger partial charge >= 0.3 is 0 Å². The van der Waals surface area contributed by atoms with E-state index in [1.165, 1.54) is 7.11 Å². The van der Waals surface area contributed by atoms with Crippen LogP contribution in [0.4, 0.5) is 5.69 Å². The summed E-state index contributed by atoms with van der Waals surface area (Å²) in [4.78, 5) is 22.6. The number of aldehydes is 1. The second kappa shape index (κ2) is 9.14. The number of benzene rings is 1. The molecule has 1 aliphatic heterocycles. The summed E-state index contributed by atoms with van der Waals surface area (Å²) in [5, 5.41) is 0. The standard InChI is InChI=1S/C16H21NO6/c1-13(23-19-2)17-5-6-20-7-8-21-9-10-22-16-4-3-14(12-18)11-15(16)17/h3-4,11-12H,1,5-10H2,2H3. The highest BCUT2D eigenvalue weighted by Crippen LogP contribution is 2.32. The summed E-state index contributed by atoms with van der Waals surface area (Å²) in [5.41, 5.74) is 1.17. The van der Waals surface area contributed by atoms with Crippen LogP contribution >= 0.6 is 0 Å². The summed E-state index contributed by atoms with van der Waals surface area (Å²) in [6.45, 7) is 6.58. The van der Waals surface area contributed by atoms with Crippen molar-refractivity contribution in [2.75, 3.05) is 51.6 Å². The summed E-state index contributed by atoms with van der Waals surface area (Å²) in [7, 11) is 1.40. The Balaban J connectivity index is 2.33. The molecule has 23 heavy (non-hydrogen) atoms. The minimum Gasteiger partial charge on any atom is -0.489 e. The molecule has 0 unspecified atom stereocenters. The van der Waals surface area contributed by atoms with E-state index >= 15 is 0 Å². The number of ether oxygens (including phenoxy) is 3. The van der Waals surface area contributed by atoms with E-state index in [0.29, 0.717) is 56.6 Å². The van der Waals surface area contributed by atoms with Gasteiger partial charge in [0.15, 0.2) is 0 Å². The number of anilines is 1. The van der Waals surface area contributed by atoms with Crippen molar-refractivity contribution in [2.45, 2.75) is 0 Å². The predicted octanol–water partition coefficient (Wildman–Crippen LogP) is 1.78. The molecule has 0 radical (unpaired) electrons. The molecular weight excluding hydrogens is 302 g/mol. The van der Waals surface area contributed by atoms with Crippen LogP contribution in [0.25, 0.3) is 0 Å². The van der Waals surface area contributed by atoms with Crippen LogP contribution in [0.5, 0.6) is 5.75 Å². The number of carbonyl (C=O) groups is 1. The molecule has 0 aliphatic carbocycles. The molecule has 0 bridgehead atoms. The first kappa shape index (κ1) is 17.3. The predicted molar refractivity (Wildman–Crippen MR) is 83.5 cm³/mol. The molecule has 1 aliphatic rings. The van der Waals surface area contributed by atoms with Crippen molar-refractivity contribution in [3.05, 3.63) is 36.2 Å². The molecule has 7 nitrogen and oxygen atoms in total. The minimum atomic E-state index is 0.275. The van der Waals surface area contributed by atoms with Gasteiger partial charge in [0.25, 0.3) is 0 Å². The normalized spacial score (nSPS) is 16.3. The third-order valence-corrected chi connectivity index (χ3v) is 3.21. The van der Waals surface area contributed by atoms with Gasteiger partial charge < -0.3 is 24.0 Å². The van der Waals surface area contributed by atoms with Gasteiger partial charge in [-0.15, -0.1) is 0 Å². The molecule has 0 spiro atoms. The Kier molecular flexibility index (Phi) is 6.86. The van der Waals surface area contributed by atoms with Gasteiger partial charge in [0, 0.05) is 12.1 Å². The van der Waals surface area contributed by atoms with E-state index in [-0.39, 0.29) is 5.88 Å². The van der Waals surface area contributed by atoms with Crippen LogP contribution in [0.15, 0.2) is 30.7 Å². The summed E-state index contributed by atoms with van der Waals surface area (Å²) < 4.78 is 16.7. The van der Waals surface area contributed by atoms with Gasteiger partial charge in [-0.25, -0.2) is 0 Å². The number of fused-ring (bicyclic) bond motifs is 1. The largest absolute Gasteiger partial charge is 0.489 e. The smallest absolute Gasteiger partial charge is 0.230 e. The van der Waals surface area contributed by atoms with Crippen LogP contribution in [-0.2, 0) is 19.2 Å². The maximum atomic E-state index is 11.1. The third-order valence-electron chi connectivity index (χ3n) is 3.21. The van der Waals surface area contributed by atoms with E-state index in [4.69, 9.17) is 19.1 Å². The van der Waals surface area contributed by atoms with Crippen molar-refractivity contribution in [3.63, 3.8) is 0 Å². The van der Waals surface area contributed by atoms with Gasteiger partial charge in [0.05, 0.1) is 39.2 Å². The molecule has 126 valence electrons. The molecule has 0 saturated heterocycles. The first-order valence-corrected chi connectivity index (χ1v) is 7.31. The maximum absolute atomic E-state index is 11.1. The molecule has 0 saturated carbocycles. The third kappa shape index (κ3) is 4.95. The quantitative estimate of drug-likeness (QED) is 0.362. The molecule has 0 amide bonds. The highest BCUT2D eigenvalue weighted by Gasteiger charge is 2.18. The van der Waals surface area contributed by atoms with Gasteiger partial charge in [0.2, 0.25) is 5.88 Å². The second-order valence-corrected chi connectivity index (χ2v) is 4.71. The van der Waals surface area contributed by atoms with Crippen molar-refractivity contribution >= 4 is 12.0 Å². The van der Waals surface area contributed by atoms with Gasteiger partial charge in [-0.1, -0.05) is 0 Å². The Morgan fingerprint density at radius 3 is 2.70 bits per heavy atom. The van der Waals surface area contributed by atoms with Crippen molar-refractivity contribution in [2.24, 2.45) is 0 Å². The monoisotopic (exact) mass is 323 g/mol. The van der Waals surface area contributed by atoms with Crippen molar-refractivity contribution in [1.82, 2.24) is 0 Å². The Morgan fingerprint density at radius 1 is 1.22 bits per heavy atom. The lowest BCUT2D eigenvalue weighted by molar-refractivity contribution is -0.238. The van der Waals surface area contributed by atoms with Crippen LogP contribution < -0.4 is 9.64 Å². The Bertz CT molecular complexity index is 533. The summed E-state index contributed by atoms with van der Waals surface area (Å²) in [6.07, 6.45) is 0.772. The van der Waals surface area contributed by atoms with Crippen LogP contribution in [0.2, 0.25) is 0 Å². The fourth-order valence-corrected chi connectivity index (χ4v) is 2.15. The zero-order valence-corrected chi connectivity index (χ0v) is 13.2. The SMILES string of the molecule is C=C(OOC)N1CCOCCOCCOc2ccc(C=O)cc21. The van der Waals surface area contributed by atoms with Crippen LogP contribution in [0.3, 0.4) is 0 Å². The molecule has 0 aromatic heterocycles. The second-order valence-electron chi connectivity index (χ2n) is 4.71. The van der Waals surface area contributed by atoms with E-state index in [0.717, 1.165) is 6.29 Å². The van der Waals surface area contributed by atoms with Gasteiger partial charge in [-0.3, -0.25) is 4.79 Å². The number of hydrogen-bond donors (Lipinski definition) is 0. The van der Waals surface area contributed by atoms with Crippen LogP contribution in [-0.4, -0.2) is 53.0 Å². The molecular formula is C16H21NO6. The van der Waals surface area contributed by atoms with Crippen LogP contribution in [0.1, 0.15) is 10.4 Å². The highest BCUT2D eigenvalue weighted by molar-refractivity contribution is 5.79. The van der Waals surface area contributed by atoms with Crippen LogP contribution in [0, 0.1) is 0 Å². The lowest BCUT2D eigenvalue weighted by Crippen LogP contribution is -2.29. The zero-order chi connectivity index (χ0) is 16.5. The summed E-state index contributed by atoms with van der Waals surface area (Å²) in [5.74, 6) is 0.873. The number of carbonyl (C=O) groups excluding carboxylic acids is 1. The van der Waals surface area contributed by atoms with Gasteiger partial charge in [-0.05, 0) is 24.8 Å². The topological polar surface area (TPSA) is 66.5 Å². The minimum absolute atomic E-state index is 0.275. The average Bonchev–Trinajstić information content (AvgIpc) is 2.55. The van der Waals surface area contributed by atoms with E-state index < -0.39 is 0 Å². The molecule has 0 N–H and O–H groups in total. The van der Waals surface area contributed by atoms with E-state index in [1.54, 1.807) is 23.1 Å². The molecule has 1 aromatic carbocycles. The van der Waals surface area contributed by atoms with Gasteiger partial charge in [0.1, 0.15) is 18.6 Å². The number of nitrogens with zero attached hydrogens (tertiary/aromatic N) is 1. The first-order valence-electron chi connectivity index (χ1n) is 7.31. The first-order chi connectivity index (χ1) is 11.3. The zero-order valence-electron chi connectivity index (χ0n) is 13.2. The summed E-state index contributed by atoms with van der Waals surface area (Å²) >= 11 is 0. The molecule has 2 rings (SSSR count). The molecule has 0 atom stereocenters. The average molecular weight is 323 g/mol.